The Hall–Kier alpha value is -2.68. The van der Waals surface area contributed by atoms with Gasteiger partial charge < -0.3 is 18.9 Å². The van der Waals surface area contributed by atoms with Crippen molar-refractivity contribution in [3.8, 4) is 29.8 Å². The Labute approximate surface area is 250 Å². The van der Waals surface area contributed by atoms with Crippen LogP contribution in [0.3, 0.4) is 0 Å². The average molecular weight is 615 g/mol. The van der Waals surface area contributed by atoms with Crippen molar-refractivity contribution in [1.82, 2.24) is 19.9 Å². The predicted octanol–water partition coefficient (Wildman–Crippen LogP) is 7.32. The van der Waals surface area contributed by atoms with Crippen molar-refractivity contribution in [1.29, 1.82) is 0 Å². The number of thiazole rings is 4. The van der Waals surface area contributed by atoms with E-state index in [2.05, 4.69) is 26.3 Å². The molecule has 0 atom stereocenters. The summed E-state index contributed by atoms with van der Waals surface area (Å²) in [6.07, 6.45) is 6.89. The fraction of sp³-hybridized carbons (Fsp3) is 0.286. The molecule has 4 rings (SSSR count). The van der Waals surface area contributed by atoms with Gasteiger partial charge in [0.25, 0.3) is 0 Å². The van der Waals surface area contributed by atoms with Gasteiger partial charge in [-0.3, -0.25) is 0 Å². The van der Waals surface area contributed by atoms with E-state index in [9.17, 15) is 0 Å². The lowest BCUT2D eigenvalue weighted by Crippen LogP contribution is -1.97. The first-order valence-electron chi connectivity index (χ1n) is 12.3. The summed E-state index contributed by atoms with van der Waals surface area (Å²) in [5.74, 6) is 0. The molecule has 4 heterocycles. The summed E-state index contributed by atoms with van der Waals surface area (Å²) in [7, 11) is 0. The number of hydrogen-bond acceptors (Lipinski definition) is 12. The Kier molecular flexibility index (Phi) is 12.1. The second kappa shape index (κ2) is 15.9. The maximum atomic E-state index is 5.82. The average Bonchev–Trinajstić information content (AvgIpc) is 3.75. The SMILES string of the molecule is C=CCOCc1csc(-c2nc(COCC=C)c(-c3sc(-c4nc(COCC=C)cs4)nc3COCC=C)s2)n1. The first kappa shape index (κ1) is 30.3. The number of aromatic nitrogens is 4. The third kappa shape index (κ3) is 8.18. The van der Waals surface area contributed by atoms with Gasteiger partial charge >= 0.3 is 0 Å². The molecular formula is C28H30N4O4S4. The van der Waals surface area contributed by atoms with Crippen LogP contribution >= 0.6 is 45.3 Å². The Morgan fingerprint density at radius 1 is 0.525 bits per heavy atom. The second-order valence-corrected chi connectivity index (χ2v) is 11.8. The van der Waals surface area contributed by atoms with E-state index in [4.69, 9.17) is 38.9 Å². The molecule has 0 saturated carbocycles. The monoisotopic (exact) mass is 614 g/mol. The molecule has 0 fully saturated rings. The van der Waals surface area contributed by atoms with E-state index in [-0.39, 0.29) is 0 Å². The van der Waals surface area contributed by atoms with Gasteiger partial charge in [0, 0.05) is 10.8 Å². The van der Waals surface area contributed by atoms with Gasteiger partial charge in [-0.1, -0.05) is 24.3 Å². The first-order valence-corrected chi connectivity index (χ1v) is 15.7. The largest absolute Gasteiger partial charge is 0.371 e. The Bertz CT molecular complexity index is 1310. The van der Waals surface area contributed by atoms with E-state index in [0.29, 0.717) is 52.9 Å². The van der Waals surface area contributed by atoms with Gasteiger partial charge in [0.1, 0.15) is 0 Å². The normalized spacial score (nSPS) is 11.1. The number of ether oxygens (including phenoxy) is 4. The highest BCUT2D eigenvalue weighted by Crippen LogP contribution is 2.44. The van der Waals surface area contributed by atoms with Crippen molar-refractivity contribution in [3.05, 3.63) is 84.2 Å². The highest BCUT2D eigenvalue weighted by Gasteiger charge is 2.24. The van der Waals surface area contributed by atoms with Crippen LogP contribution < -0.4 is 0 Å². The van der Waals surface area contributed by atoms with Gasteiger partial charge in [-0.05, 0) is 0 Å². The lowest BCUT2D eigenvalue weighted by atomic mass is 10.3. The van der Waals surface area contributed by atoms with E-state index in [1.165, 1.54) is 22.7 Å². The molecule has 40 heavy (non-hydrogen) atoms. The first-order chi connectivity index (χ1) is 19.7. The molecule has 0 bridgehead atoms. The Morgan fingerprint density at radius 3 is 1.27 bits per heavy atom. The van der Waals surface area contributed by atoms with Crippen LogP contribution in [0.4, 0.5) is 0 Å². The molecule has 8 nitrogen and oxygen atoms in total. The zero-order valence-corrected chi connectivity index (χ0v) is 25.3. The van der Waals surface area contributed by atoms with Gasteiger partial charge in [0.05, 0.1) is 85.4 Å². The third-order valence-corrected chi connectivity index (χ3v) is 9.42. The highest BCUT2D eigenvalue weighted by molar-refractivity contribution is 7.27. The van der Waals surface area contributed by atoms with Crippen molar-refractivity contribution in [2.45, 2.75) is 26.4 Å². The van der Waals surface area contributed by atoms with Gasteiger partial charge in [-0.15, -0.1) is 71.7 Å². The lowest BCUT2D eigenvalue weighted by molar-refractivity contribution is 0.145. The molecule has 0 N–H and O–H groups in total. The van der Waals surface area contributed by atoms with E-state index in [1.807, 2.05) is 10.8 Å². The lowest BCUT2D eigenvalue weighted by Gasteiger charge is -2.04. The molecule has 0 saturated heterocycles. The minimum atomic E-state index is 0.334. The zero-order chi connectivity index (χ0) is 28.2. The fourth-order valence-corrected chi connectivity index (χ4v) is 7.34. The highest BCUT2D eigenvalue weighted by atomic mass is 32.1. The summed E-state index contributed by atoms with van der Waals surface area (Å²) in [6.45, 7) is 18.2. The van der Waals surface area contributed by atoms with Gasteiger partial charge in [0.15, 0.2) is 20.0 Å². The molecule has 4 aromatic heterocycles. The predicted molar refractivity (Wildman–Crippen MR) is 165 cm³/mol. The molecule has 12 heteroatoms. The molecule has 0 radical (unpaired) electrons. The molecule has 0 aliphatic carbocycles. The molecule has 0 aromatic carbocycles. The van der Waals surface area contributed by atoms with Crippen LogP contribution in [0.25, 0.3) is 29.8 Å². The van der Waals surface area contributed by atoms with E-state index >= 15 is 0 Å². The fourth-order valence-electron chi connectivity index (χ4n) is 3.35. The summed E-state index contributed by atoms with van der Waals surface area (Å²) < 4.78 is 22.7. The Balaban J connectivity index is 1.68. The van der Waals surface area contributed by atoms with Crippen molar-refractivity contribution >= 4 is 45.3 Å². The van der Waals surface area contributed by atoms with Crippen LogP contribution in [0.2, 0.25) is 0 Å². The minimum absolute atomic E-state index is 0.334. The second-order valence-electron chi connectivity index (χ2n) is 8.09. The minimum Gasteiger partial charge on any atom is -0.371 e. The van der Waals surface area contributed by atoms with Gasteiger partial charge in [0.2, 0.25) is 0 Å². The maximum Gasteiger partial charge on any atom is 0.153 e. The molecule has 0 spiro atoms. The molecular weight excluding hydrogens is 585 g/mol. The van der Waals surface area contributed by atoms with Gasteiger partial charge in [-0.2, -0.15) is 0 Å². The van der Waals surface area contributed by atoms with E-state index in [1.54, 1.807) is 47.0 Å². The van der Waals surface area contributed by atoms with Crippen molar-refractivity contribution < 1.29 is 18.9 Å². The van der Waals surface area contributed by atoms with Crippen LogP contribution in [-0.2, 0) is 45.4 Å². The van der Waals surface area contributed by atoms with Crippen molar-refractivity contribution in [2.75, 3.05) is 26.4 Å². The molecule has 0 amide bonds. The smallest absolute Gasteiger partial charge is 0.153 e. The summed E-state index contributed by atoms with van der Waals surface area (Å²) >= 11 is 6.22. The zero-order valence-electron chi connectivity index (χ0n) is 22.0. The topological polar surface area (TPSA) is 88.5 Å². The Morgan fingerprint density at radius 2 is 0.900 bits per heavy atom. The molecule has 4 aromatic rings. The number of nitrogens with zero attached hydrogens (tertiary/aromatic N) is 4. The maximum absolute atomic E-state index is 5.82. The molecule has 0 aliphatic heterocycles. The van der Waals surface area contributed by atoms with Gasteiger partial charge in [-0.25, -0.2) is 19.9 Å². The van der Waals surface area contributed by atoms with Crippen LogP contribution in [0.5, 0.6) is 0 Å². The van der Waals surface area contributed by atoms with E-state index in [0.717, 1.165) is 52.6 Å². The standard InChI is InChI=1S/C28H30N4O4S4/c1-5-9-33-13-19-17-37-25(29-19)27-31-21(15-35-11-7-3)23(39-27)24-22(16-36-12-8-4)32-28(40-24)26-30-20(18-38-26)14-34-10-6-2/h5-8,17-18H,1-4,9-16H2. The third-order valence-electron chi connectivity index (χ3n) is 4.99. The molecule has 210 valence electrons. The quantitative estimate of drug-likeness (QED) is 0.0802. The summed E-state index contributed by atoms with van der Waals surface area (Å²) in [4.78, 5) is 21.3. The number of rotatable bonds is 19. The summed E-state index contributed by atoms with van der Waals surface area (Å²) in [6, 6.07) is 0. The van der Waals surface area contributed by atoms with Crippen molar-refractivity contribution in [2.24, 2.45) is 0 Å². The van der Waals surface area contributed by atoms with Crippen LogP contribution in [0, 0.1) is 0 Å². The summed E-state index contributed by atoms with van der Waals surface area (Å²) in [5.41, 5.74) is 3.36. The number of hydrogen-bond donors (Lipinski definition) is 0. The van der Waals surface area contributed by atoms with Crippen LogP contribution in [0.15, 0.2) is 61.4 Å². The van der Waals surface area contributed by atoms with Crippen molar-refractivity contribution in [3.63, 3.8) is 0 Å². The summed E-state index contributed by atoms with van der Waals surface area (Å²) in [5, 5.41) is 7.28. The van der Waals surface area contributed by atoms with E-state index < -0.39 is 0 Å². The van der Waals surface area contributed by atoms with Crippen LogP contribution in [0.1, 0.15) is 22.8 Å². The molecule has 0 aliphatic rings. The molecule has 0 unspecified atom stereocenters. The van der Waals surface area contributed by atoms with Crippen LogP contribution in [-0.4, -0.2) is 46.4 Å².